The molecule has 1 unspecified atom stereocenters. The van der Waals surface area contributed by atoms with Crippen LogP contribution in [0.1, 0.15) is 43.9 Å². The number of nitriles is 1. The van der Waals surface area contributed by atoms with Gasteiger partial charge in [-0.2, -0.15) is 5.26 Å². The number of hydrogen-bond acceptors (Lipinski definition) is 3. The second-order valence-electron chi connectivity index (χ2n) is 7.19. The molecule has 1 saturated heterocycles. The van der Waals surface area contributed by atoms with Crippen molar-refractivity contribution in [2.75, 3.05) is 13.1 Å². The van der Waals surface area contributed by atoms with Crippen molar-refractivity contribution in [2.24, 2.45) is 0 Å². The molecule has 1 atom stereocenters. The highest BCUT2D eigenvalue weighted by Crippen LogP contribution is 2.27. The van der Waals surface area contributed by atoms with E-state index in [1.807, 2.05) is 6.08 Å². The zero-order valence-electron chi connectivity index (χ0n) is 14.8. The van der Waals surface area contributed by atoms with E-state index in [-0.39, 0.29) is 0 Å². The fraction of sp³-hybridized carbons (Fsp3) is 0.429. The maximum absolute atomic E-state index is 8.97. The SMILES string of the molecule is CC1CCCN1CCc1cn2cc(C3=CC=C(C#N)CC3)ccc2n1. The Morgan fingerprint density at radius 3 is 2.88 bits per heavy atom. The number of aromatic nitrogens is 2. The van der Waals surface area contributed by atoms with Crippen LogP contribution in [0.4, 0.5) is 0 Å². The summed E-state index contributed by atoms with van der Waals surface area (Å²) >= 11 is 0. The molecule has 2 aromatic rings. The van der Waals surface area contributed by atoms with Gasteiger partial charge in [-0.05, 0) is 68.5 Å². The largest absolute Gasteiger partial charge is 0.306 e. The van der Waals surface area contributed by atoms with Gasteiger partial charge in [0.15, 0.2) is 0 Å². The molecule has 4 rings (SSSR count). The van der Waals surface area contributed by atoms with E-state index in [2.05, 4.69) is 52.9 Å². The van der Waals surface area contributed by atoms with Crippen LogP contribution in [0.3, 0.4) is 0 Å². The lowest BCUT2D eigenvalue weighted by Gasteiger charge is -2.19. The summed E-state index contributed by atoms with van der Waals surface area (Å²) in [5.41, 5.74) is 5.56. The van der Waals surface area contributed by atoms with Crippen LogP contribution in [0.25, 0.3) is 11.2 Å². The van der Waals surface area contributed by atoms with Crippen LogP contribution in [-0.4, -0.2) is 33.4 Å². The number of nitrogens with zero attached hydrogens (tertiary/aromatic N) is 4. The summed E-state index contributed by atoms with van der Waals surface area (Å²) in [6.07, 6.45) is 13.8. The number of hydrogen-bond donors (Lipinski definition) is 0. The number of allylic oxidation sites excluding steroid dienone is 4. The van der Waals surface area contributed by atoms with E-state index in [9.17, 15) is 0 Å². The minimum absolute atomic E-state index is 0.716. The molecule has 0 aromatic carbocycles. The minimum Gasteiger partial charge on any atom is -0.306 e. The highest BCUT2D eigenvalue weighted by atomic mass is 15.2. The molecule has 3 heterocycles. The van der Waals surface area contributed by atoms with E-state index in [1.54, 1.807) is 0 Å². The van der Waals surface area contributed by atoms with Gasteiger partial charge in [0.05, 0.1) is 11.8 Å². The van der Waals surface area contributed by atoms with Gasteiger partial charge in [0, 0.05) is 37.0 Å². The number of fused-ring (bicyclic) bond motifs is 1. The fourth-order valence-corrected chi connectivity index (χ4v) is 3.91. The van der Waals surface area contributed by atoms with Crippen molar-refractivity contribution in [3.8, 4) is 6.07 Å². The highest BCUT2D eigenvalue weighted by Gasteiger charge is 2.19. The molecule has 1 aliphatic carbocycles. The van der Waals surface area contributed by atoms with Crippen LogP contribution in [-0.2, 0) is 6.42 Å². The predicted molar refractivity (Wildman–Crippen MR) is 100 cm³/mol. The van der Waals surface area contributed by atoms with Gasteiger partial charge in [-0.25, -0.2) is 4.98 Å². The van der Waals surface area contributed by atoms with E-state index in [0.717, 1.165) is 37.0 Å². The molecule has 128 valence electrons. The van der Waals surface area contributed by atoms with Gasteiger partial charge in [0.1, 0.15) is 5.65 Å². The first-order valence-corrected chi connectivity index (χ1v) is 9.25. The molecule has 0 N–H and O–H groups in total. The van der Waals surface area contributed by atoms with Crippen LogP contribution in [0.15, 0.2) is 42.3 Å². The molecule has 4 nitrogen and oxygen atoms in total. The standard InChI is InChI=1S/C21H24N4/c1-16-3-2-11-24(16)12-10-20-15-25-14-19(8-9-21(25)23-20)18-6-4-17(13-22)5-7-18/h4,6,8-9,14-16H,2-3,5,7,10-12H2,1H3. The second kappa shape index (κ2) is 6.85. The van der Waals surface area contributed by atoms with Gasteiger partial charge >= 0.3 is 0 Å². The Labute approximate surface area is 149 Å². The summed E-state index contributed by atoms with van der Waals surface area (Å²) in [5, 5.41) is 8.97. The third-order valence-corrected chi connectivity index (χ3v) is 5.51. The first-order valence-electron chi connectivity index (χ1n) is 9.25. The Morgan fingerprint density at radius 1 is 1.24 bits per heavy atom. The van der Waals surface area contributed by atoms with Crippen LogP contribution in [0.2, 0.25) is 0 Å². The molecule has 0 radical (unpaired) electrons. The lowest BCUT2D eigenvalue weighted by atomic mass is 9.95. The molecular weight excluding hydrogens is 308 g/mol. The highest BCUT2D eigenvalue weighted by molar-refractivity contribution is 5.70. The monoisotopic (exact) mass is 332 g/mol. The lowest BCUT2D eigenvalue weighted by Crippen LogP contribution is -2.29. The summed E-state index contributed by atoms with van der Waals surface area (Å²) in [6.45, 7) is 4.66. The van der Waals surface area contributed by atoms with E-state index in [0.29, 0.717) is 6.04 Å². The maximum atomic E-state index is 8.97. The van der Waals surface area contributed by atoms with Crippen LogP contribution >= 0.6 is 0 Å². The van der Waals surface area contributed by atoms with E-state index < -0.39 is 0 Å². The van der Waals surface area contributed by atoms with Gasteiger partial charge in [-0.3, -0.25) is 0 Å². The first kappa shape index (κ1) is 16.1. The molecule has 0 bridgehead atoms. The van der Waals surface area contributed by atoms with Crippen LogP contribution in [0.5, 0.6) is 0 Å². The Morgan fingerprint density at radius 2 is 2.16 bits per heavy atom. The number of rotatable bonds is 4. The molecule has 4 heteroatoms. The van der Waals surface area contributed by atoms with Crippen molar-refractivity contribution < 1.29 is 0 Å². The number of imidazole rings is 1. The molecular formula is C21H24N4. The molecule has 0 amide bonds. The van der Waals surface area contributed by atoms with Gasteiger partial charge in [-0.15, -0.1) is 0 Å². The second-order valence-corrected chi connectivity index (χ2v) is 7.19. The Bertz CT molecular complexity index is 881. The van der Waals surface area contributed by atoms with Crippen molar-refractivity contribution in [2.45, 2.75) is 45.1 Å². The summed E-state index contributed by atoms with van der Waals surface area (Å²) in [5.74, 6) is 0. The molecule has 25 heavy (non-hydrogen) atoms. The van der Waals surface area contributed by atoms with Gasteiger partial charge in [-0.1, -0.05) is 6.08 Å². The average Bonchev–Trinajstić information content (AvgIpc) is 3.24. The first-order chi connectivity index (χ1) is 12.2. The van der Waals surface area contributed by atoms with Crippen LogP contribution < -0.4 is 0 Å². The van der Waals surface area contributed by atoms with Crippen LogP contribution in [0, 0.1) is 11.3 Å². The third-order valence-electron chi connectivity index (χ3n) is 5.51. The van der Waals surface area contributed by atoms with Crippen molar-refractivity contribution in [3.63, 3.8) is 0 Å². The molecule has 1 aliphatic heterocycles. The summed E-state index contributed by atoms with van der Waals surface area (Å²) in [4.78, 5) is 7.34. The molecule has 2 aliphatic rings. The zero-order valence-corrected chi connectivity index (χ0v) is 14.8. The third kappa shape index (κ3) is 3.38. The molecule has 0 spiro atoms. The normalized spacial score (nSPS) is 21.2. The smallest absolute Gasteiger partial charge is 0.137 e. The fourth-order valence-electron chi connectivity index (χ4n) is 3.91. The summed E-state index contributed by atoms with van der Waals surface area (Å²) < 4.78 is 2.14. The van der Waals surface area contributed by atoms with Crippen molar-refractivity contribution in [3.05, 3.63) is 53.5 Å². The van der Waals surface area contributed by atoms with Gasteiger partial charge < -0.3 is 9.30 Å². The molecule has 2 aromatic heterocycles. The van der Waals surface area contributed by atoms with Gasteiger partial charge in [0.25, 0.3) is 0 Å². The van der Waals surface area contributed by atoms with Crippen molar-refractivity contribution in [1.29, 1.82) is 5.26 Å². The molecule has 0 saturated carbocycles. The quantitative estimate of drug-likeness (QED) is 0.850. The predicted octanol–water partition coefficient (Wildman–Crippen LogP) is 3.99. The van der Waals surface area contributed by atoms with E-state index in [1.165, 1.54) is 36.2 Å². The Hall–Kier alpha value is -2.38. The summed E-state index contributed by atoms with van der Waals surface area (Å²) in [6, 6.07) is 7.21. The van der Waals surface area contributed by atoms with Crippen molar-refractivity contribution in [1.82, 2.24) is 14.3 Å². The minimum atomic E-state index is 0.716. The Kier molecular flexibility index (Phi) is 4.42. The number of likely N-dealkylation sites (tertiary alicyclic amines) is 1. The van der Waals surface area contributed by atoms with Crippen molar-refractivity contribution >= 4 is 11.2 Å². The maximum Gasteiger partial charge on any atom is 0.137 e. The lowest BCUT2D eigenvalue weighted by molar-refractivity contribution is 0.271. The topological polar surface area (TPSA) is 44.3 Å². The van der Waals surface area contributed by atoms with E-state index in [4.69, 9.17) is 10.2 Å². The Balaban J connectivity index is 1.51. The van der Waals surface area contributed by atoms with E-state index >= 15 is 0 Å². The summed E-state index contributed by atoms with van der Waals surface area (Å²) in [7, 11) is 0. The van der Waals surface area contributed by atoms with Gasteiger partial charge in [0.2, 0.25) is 0 Å². The number of pyridine rings is 1. The average molecular weight is 332 g/mol. The zero-order chi connectivity index (χ0) is 17.2. The molecule has 1 fully saturated rings.